The van der Waals surface area contributed by atoms with Crippen molar-refractivity contribution in [1.29, 1.82) is 0 Å². The average molecular weight is 228 g/mol. The molecule has 3 nitrogen and oxygen atoms in total. The van der Waals surface area contributed by atoms with Gasteiger partial charge in [-0.3, -0.25) is 0 Å². The first-order valence-electron chi connectivity index (χ1n) is 4.24. The van der Waals surface area contributed by atoms with Crippen LogP contribution < -0.4 is 5.32 Å². The van der Waals surface area contributed by atoms with E-state index in [-0.39, 0.29) is 0 Å². The topological polar surface area (TPSA) is 40.7 Å². The van der Waals surface area contributed by atoms with Gasteiger partial charge in [0.15, 0.2) is 0 Å². The predicted molar refractivity (Wildman–Crippen MR) is 59.7 cm³/mol. The van der Waals surface area contributed by atoms with Crippen LogP contribution in [0.4, 0.5) is 0 Å². The molecule has 0 saturated heterocycles. The van der Waals surface area contributed by atoms with E-state index < -0.39 is 0 Å². The molecule has 0 aliphatic rings. The van der Waals surface area contributed by atoms with Crippen molar-refractivity contribution in [3.05, 3.63) is 28.5 Å². The van der Waals surface area contributed by atoms with E-state index in [0.717, 1.165) is 27.3 Å². The zero-order valence-corrected chi connectivity index (χ0v) is 9.25. The van der Waals surface area contributed by atoms with Crippen molar-refractivity contribution in [2.75, 3.05) is 7.05 Å². The molecule has 0 unspecified atom stereocenters. The Morgan fingerprint density at radius 1 is 1.57 bits per heavy atom. The van der Waals surface area contributed by atoms with Crippen LogP contribution in [-0.4, -0.2) is 17.0 Å². The van der Waals surface area contributed by atoms with Gasteiger partial charge in [-0.2, -0.15) is 0 Å². The number of thiophene rings is 1. The molecule has 0 aromatic carbocycles. The maximum atomic E-state index is 5.85. The van der Waals surface area contributed by atoms with Crippen LogP contribution >= 0.6 is 22.9 Å². The SMILES string of the molecule is CNCc1ncc(-c2ccc(Cl)s2)[nH]1. The molecular weight excluding hydrogens is 218 g/mol. The van der Waals surface area contributed by atoms with Crippen molar-refractivity contribution in [3.8, 4) is 10.6 Å². The van der Waals surface area contributed by atoms with Crippen LogP contribution in [0.15, 0.2) is 18.3 Å². The summed E-state index contributed by atoms with van der Waals surface area (Å²) in [5.41, 5.74) is 1.02. The second-order valence-electron chi connectivity index (χ2n) is 2.88. The third kappa shape index (κ3) is 1.97. The normalized spacial score (nSPS) is 10.7. The Morgan fingerprint density at radius 3 is 3.07 bits per heavy atom. The Labute approximate surface area is 91.1 Å². The van der Waals surface area contributed by atoms with Crippen molar-refractivity contribution in [2.24, 2.45) is 0 Å². The Bertz CT molecular complexity index is 421. The molecule has 0 amide bonds. The second kappa shape index (κ2) is 4.13. The van der Waals surface area contributed by atoms with Gasteiger partial charge in [0, 0.05) is 0 Å². The smallest absolute Gasteiger partial charge is 0.120 e. The minimum Gasteiger partial charge on any atom is -0.340 e. The zero-order chi connectivity index (χ0) is 9.97. The van der Waals surface area contributed by atoms with Crippen LogP contribution in [-0.2, 0) is 6.54 Å². The summed E-state index contributed by atoms with van der Waals surface area (Å²) < 4.78 is 0.796. The third-order valence-electron chi connectivity index (χ3n) is 1.81. The van der Waals surface area contributed by atoms with Crippen molar-refractivity contribution >= 4 is 22.9 Å². The lowest BCUT2D eigenvalue weighted by atomic mass is 10.4. The summed E-state index contributed by atoms with van der Waals surface area (Å²) in [6, 6.07) is 3.88. The monoisotopic (exact) mass is 227 g/mol. The van der Waals surface area contributed by atoms with E-state index in [2.05, 4.69) is 15.3 Å². The molecule has 0 bridgehead atoms. The fourth-order valence-electron chi connectivity index (χ4n) is 1.20. The van der Waals surface area contributed by atoms with E-state index in [1.165, 1.54) is 0 Å². The van der Waals surface area contributed by atoms with Crippen molar-refractivity contribution in [2.45, 2.75) is 6.54 Å². The van der Waals surface area contributed by atoms with Crippen LogP contribution in [0.5, 0.6) is 0 Å². The summed E-state index contributed by atoms with van der Waals surface area (Å²) in [6.07, 6.45) is 1.83. The minimum atomic E-state index is 0.749. The van der Waals surface area contributed by atoms with Crippen LogP contribution in [0, 0.1) is 0 Å². The van der Waals surface area contributed by atoms with Gasteiger partial charge in [0.2, 0.25) is 0 Å². The number of imidazole rings is 1. The Morgan fingerprint density at radius 2 is 2.43 bits per heavy atom. The largest absolute Gasteiger partial charge is 0.340 e. The number of nitrogens with one attached hydrogen (secondary N) is 2. The molecule has 5 heteroatoms. The predicted octanol–water partition coefficient (Wildman–Crippen LogP) is 2.51. The molecule has 0 saturated carbocycles. The zero-order valence-electron chi connectivity index (χ0n) is 7.67. The number of hydrogen-bond donors (Lipinski definition) is 2. The molecule has 0 aliphatic heterocycles. The number of aromatic amines is 1. The van der Waals surface area contributed by atoms with E-state index in [9.17, 15) is 0 Å². The lowest BCUT2D eigenvalue weighted by molar-refractivity contribution is 0.772. The number of aromatic nitrogens is 2. The fourth-order valence-corrected chi connectivity index (χ4v) is 2.21. The Kier molecular flexibility index (Phi) is 2.86. The van der Waals surface area contributed by atoms with E-state index >= 15 is 0 Å². The number of H-pyrrole nitrogens is 1. The highest BCUT2D eigenvalue weighted by atomic mass is 35.5. The summed E-state index contributed by atoms with van der Waals surface area (Å²) in [5.74, 6) is 0.937. The van der Waals surface area contributed by atoms with E-state index in [1.807, 2.05) is 25.4 Å². The summed E-state index contributed by atoms with van der Waals surface area (Å²) in [6.45, 7) is 0.749. The first-order chi connectivity index (χ1) is 6.79. The summed E-state index contributed by atoms with van der Waals surface area (Å²) >= 11 is 7.40. The first-order valence-corrected chi connectivity index (χ1v) is 5.43. The van der Waals surface area contributed by atoms with Crippen molar-refractivity contribution in [3.63, 3.8) is 0 Å². The molecule has 0 atom stereocenters. The second-order valence-corrected chi connectivity index (χ2v) is 4.59. The molecule has 2 N–H and O–H groups in total. The van der Waals surface area contributed by atoms with Gasteiger partial charge in [-0.1, -0.05) is 11.6 Å². The van der Waals surface area contributed by atoms with Gasteiger partial charge in [-0.15, -0.1) is 11.3 Å². The van der Waals surface area contributed by atoms with E-state index in [1.54, 1.807) is 11.3 Å². The Balaban J connectivity index is 2.24. The maximum Gasteiger partial charge on any atom is 0.120 e. The highest BCUT2D eigenvalue weighted by molar-refractivity contribution is 7.19. The van der Waals surface area contributed by atoms with E-state index in [0.29, 0.717) is 0 Å². The molecule has 0 aliphatic carbocycles. The lowest BCUT2D eigenvalue weighted by Crippen LogP contribution is -2.06. The Hall–Kier alpha value is -0.840. The standard InChI is InChI=1S/C9H10ClN3S/c1-11-5-9-12-4-6(13-9)7-2-3-8(10)14-7/h2-4,11H,5H2,1H3,(H,12,13). The molecular formula is C9H10ClN3S. The quantitative estimate of drug-likeness (QED) is 0.846. The fraction of sp³-hybridized carbons (Fsp3) is 0.222. The van der Waals surface area contributed by atoms with Crippen LogP contribution in [0.1, 0.15) is 5.82 Å². The lowest BCUT2D eigenvalue weighted by Gasteiger charge is -1.92. The highest BCUT2D eigenvalue weighted by Gasteiger charge is 2.04. The van der Waals surface area contributed by atoms with Crippen LogP contribution in [0.2, 0.25) is 4.34 Å². The molecule has 2 rings (SSSR count). The third-order valence-corrected chi connectivity index (χ3v) is 3.08. The average Bonchev–Trinajstić information content (AvgIpc) is 2.74. The van der Waals surface area contributed by atoms with Crippen LogP contribution in [0.25, 0.3) is 10.6 Å². The molecule has 14 heavy (non-hydrogen) atoms. The van der Waals surface area contributed by atoms with Gasteiger partial charge in [0.05, 0.1) is 27.6 Å². The van der Waals surface area contributed by atoms with Gasteiger partial charge in [0.1, 0.15) is 5.82 Å². The van der Waals surface area contributed by atoms with Gasteiger partial charge < -0.3 is 10.3 Å². The molecule has 2 aromatic heterocycles. The molecule has 0 spiro atoms. The maximum absolute atomic E-state index is 5.85. The number of halogens is 1. The van der Waals surface area contributed by atoms with Gasteiger partial charge in [-0.05, 0) is 19.2 Å². The highest BCUT2D eigenvalue weighted by Crippen LogP contribution is 2.29. The minimum absolute atomic E-state index is 0.749. The number of rotatable bonds is 3. The number of hydrogen-bond acceptors (Lipinski definition) is 3. The molecule has 0 fully saturated rings. The molecule has 2 aromatic rings. The van der Waals surface area contributed by atoms with Gasteiger partial charge in [0.25, 0.3) is 0 Å². The van der Waals surface area contributed by atoms with Crippen LogP contribution in [0.3, 0.4) is 0 Å². The summed E-state index contributed by atoms with van der Waals surface area (Å²) in [5, 5.41) is 3.04. The molecule has 0 radical (unpaired) electrons. The first kappa shape index (κ1) is 9.71. The van der Waals surface area contributed by atoms with Crippen molar-refractivity contribution in [1.82, 2.24) is 15.3 Å². The molecule has 74 valence electrons. The van der Waals surface area contributed by atoms with Gasteiger partial charge in [-0.25, -0.2) is 4.98 Å². The van der Waals surface area contributed by atoms with Gasteiger partial charge >= 0.3 is 0 Å². The number of nitrogens with zero attached hydrogens (tertiary/aromatic N) is 1. The summed E-state index contributed by atoms with van der Waals surface area (Å²) in [4.78, 5) is 8.57. The van der Waals surface area contributed by atoms with E-state index in [4.69, 9.17) is 11.6 Å². The molecule has 2 heterocycles. The van der Waals surface area contributed by atoms with Crippen molar-refractivity contribution < 1.29 is 0 Å². The summed E-state index contributed by atoms with van der Waals surface area (Å²) in [7, 11) is 1.89.